The molecule has 1 unspecified atom stereocenters. The summed E-state index contributed by atoms with van der Waals surface area (Å²) in [4.78, 5) is 1.95. The third-order valence-electron chi connectivity index (χ3n) is 5.56. The summed E-state index contributed by atoms with van der Waals surface area (Å²) in [7, 11) is 0. The lowest BCUT2D eigenvalue weighted by Gasteiger charge is -2.26. The second-order valence-electron chi connectivity index (χ2n) is 10.1. The van der Waals surface area contributed by atoms with Gasteiger partial charge in [-0.2, -0.15) is 23.7 Å². The topological polar surface area (TPSA) is 55.4 Å². The Hall–Kier alpha value is -1.56. The van der Waals surface area contributed by atoms with Crippen molar-refractivity contribution in [2.24, 2.45) is 14.6 Å². The van der Waals surface area contributed by atoms with Gasteiger partial charge in [0.05, 0.1) is 17.9 Å². The molecule has 2 aromatic rings. The maximum absolute atomic E-state index is 5.02. The van der Waals surface area contributed by atoms with Crippen LogP contribution in [-0.2, 0) is 28.7 Å². The minimum absolute atomic E-state index is 0.0735. The smallest absolute Gasteiger partial charge is 0.119 e. The highest BCUT2D eigenvalue weighted by Gasteiger charge is 2.34. The molecule has 28 heavy (non-hydrogen) atoms. The van der Waals surface area contributed by atoms with Gasteiger partial charge in [-0.3, -0.25) is 0 Å². The van der Waals surface area contributed by atoms with Gasteiger partial charge in [-0.15, -0.1) is 0 Å². The summed E-state index contributed by atoms with van der Waals surface area (Å²) in [6.07, 6.45) is 4.90. The lowest BCUT2D eigenvalue weighted by atomic mass is 9.78. The molecule has 6 heteroatoms. The molecule has 0 bridgehead atoms. The highest BCUT2D eigenvalue weighted by Crippen LogP contribution is 2.50. The van der Waals surface area contributed by atoms with Crippen molar-refractivity contribution in [1.82, 2.24) is 15.0 Å². The predicted molar refractivity (Wildman–Crippen MR) is 120 cm³/mol. The van der Waals surface area contributed by atoms with Crippen LogP contribution in [0.5, 0.6) is 0 Å². The quantitative estimate of drug-likeness (QED) is 0.448. The van der Waals surface area contributed by atoms with E-state index in [-0.39, 0.29) is 10.8 Å². The van der Waals surface area contributed by atoms with Crippen molar-refractivity contribution in [1.29, 1.82) is 0 Å². The fourth-order valence-electron chi connectivity index (χ4n) is 4.08. The molecule has 0 fully saturated rings. The molecular formula is C22H35N5S. The molecule has 0 radical (unpaired) electrons. The van der Waals surface area contributed by atoms with E-state index in [1.807, 2.05) is 4.80 Å². The number of aromatic nitrogens is 3. The molecule has 0 aliphatic carbocycles. The lowest BCUT2D eigenvalue weighted by molar-refractivity contribution is 0.351. The normalized spacial score (nSPS) is 15.1. The van der Waals surface area contributed by atoms with Crippen LogP contribution in [0.1, 0.15) is 92.2 Å². The second-order valence-corrected chi connectivity index (χ2v) is 10.6. The zero-order valence-electron chi connectivity index (χ0n) is 18.8. The van der Waals surface area contributed by atoms with E-state index in [9.17, 15) is 0 Å². The molecule has 5 nitrogen and oxygen atoms in total. The van der Waals surface area contributed by atoms with Gasteiger partial charge in [-0.05, 0) is 23.2 Å². The first-order valence-corrected chi connectivity index (χ1v) is 11.3. The van der Waals surface area contributed by atoms with Gasteiger partial charge in [-0.25, -0.2) is 0 Å². The molecule has 0 spiro atoms. The molecule has 1 aliphatic heterocycles. The number of fused-ring (bicyclic) bond motifs is 2. The van der Waals surface area contributed by atoms with Crippen LogP contribution in [-0.4, -0.2) is 15.0 Å². The van der Waals surface area contributed by atoms with Gasteiger partial charge < -0.3 is 0 Å². The van der Waals surface area contributed by atoms with E-state index in [0.717, 1.165) is 35.4 Å². The fraction of sp³-hybridized carbons (Fsp3) is 0.727. The molecule has 0 saturated carbocycles. The van der Waals surface area contributed by atoms with E-state index in [1.54, 1.807) is 0 Å². The molecule has 1 aliphatic rings. The van der Waals surface area contributed by atoms with Crippen molar-refractivity contribution in [3.63, 3.8) is 0 Å². The summed E-state index contributed by atoms with van der Waals surface area (Å²) in [5.41, 5.74) is 6.20. The standard InChI is InChI=1S/C22H35N5S/c1-9-11-12-14(10-2)13-27-23-17-15(21(3,4)5)19-20(26-28-25-19)16(18(17)24-27)22(6,7)8/h14H,9-13H2,1-8H3. The third-order valence-corrected chi connectivity index (χ3v) is 6.08. The van der Waals surface area contributed by atoms with Crippen LogP contribution >= 0.6 is 0 Å². The minimum Gasteiger partial charge on any atom is -0.183 e. The van der Waals surface area contributed by atoms with Crippen molar-refractivity contribution in [3.05, 3.63) is 11.1 Å². The van der Waals surface area contributed by atoms with Gasteiger partial charge >= 0.3 is 0 Å². The van der Waals surface area contributed by atoms with Gasteiger partial charge in [-0.1, -0.05) is 74.7 Å². The number of rotatable bonds is 6. The van der Waals surface area contributed by atoms with Crippen LogP contribution in [0.2, 0.25) is 0 Å². The summed E-state index contributed by atoms with van der Waals surface area (Å²) >= 11 is 1.29. The van der Waals surface area contributed by atoms with E-state index in [4.69, 9.17) is 10.2 Å². The summed E-state index contributed by atoms with van der Waals surface area (Å²) in [6.45, 7) is 18.8. The molecule has 2 heterocycles. The second kappa shape index (κ2) is 7.69. The van der Waals surface area contributed by atoms with Crippen molar-refractivity contribution < 1.29 is 0 Å². The van der Waals surface area contributed by atoms with E-state index in [2.05, 4.69) is 64.1 Å². The molecule has 1 atom stereocenters. The summed E-state index contributed by atoms with van der Waals surface area (Å²) < 4.78 is 9.38. The van der Waals surface area contributed by atoms with Gasteiger partial charge in [0.25, 0.3) is 0 Å². The molecular weight excluding hydrogens is 366 g/mol. The van der Waals surface area contributed by atoms with E-state index in [0.29, 0.717) is 5.92 Å². The Balaban J connectivity index is 2.22. The Morgan fingerprint density at radius 1 is 0.857 bits per heavy atom. The molecule has 0 amide bonds. The van der Waals surface area contributed by atoms with E-state index < -0.39 is 0 Å². The Morgan fingerprint density at radius 3 is 1.75 bits per heavy atom. The van der Waals surface area contributed by atoms with Gasteiger partial charge in [0.2, 0.25) is 0 Å². The Morgan fingerprint density at radius 2 is 1.36 bits per heavy atom. The van der Waals surface area contributed by atoms with Gasteiger partial charge in [0.1, 0.15) is 22.4 Å². The molecule has 154 valence electrons. The fourth-order valence-corrected chi connectivity index (χ4v) is 4.64. The number of hydrogen-bond acceptors (Lipinski definition) is 4. The van der Waals surface area contributed by atoms with Crippen molar-refractivity contribution in [2.75, 3.05) is 0 Å². The SMILES string of the molecule is CCCCC(CC)Cn1nc2c(C(C)(C)C)c3c(c(C(C)(C)C)c2n1)N=S=N3. The summed E-state index contributed by atoms with van der Waals surface area (Å²) in [6, 6.07) is 0. The lowest BCUT2D eigenvalue weighted by Crippen LogP contribution is -2.16. The van der Waals surface area contributed by atoms with Crippen LogP contribution in [0.25, 0.3) is 11.0 Å². The zero-order chi connectivity index (χ0) is 20.7. The maximum Gasteiger partial charge on any atom is 0.119 e. The Kier molecular flexibility index (Phi) is 5.81. The first-order chi connectivity index (χ1) is 13.1. The number of benzene rings is 1. The van der Waals surface area contributed by atoms with Crippen LogP contribution in [0.3, 0.4) is 0 Å². The van der Waals surface area contributed by atoms with Crippen molar-refractivity contribution >= 4 is 33.8 Å². The van der Waals surface area contributed by atoms with Crippen LogP contribution in [0.15, 0.2) is 8.73 Å². The molecule has 3 rings (SSSR count). The monoisotopic (exact) mass is 401 g/mol. The average Bonchev–Trinajstić information content (AvgIpc) is 3.19. The average molecular weight is 402 g/mol. The zero-order valence-corrected chi connectivity index (χ0v) is 19.6. The molecule has 0 saturated heterocycles. The number of nitrogens with zero attached hydrogens (tertiary/aromatic N) is 5. The molecule has 1 aromatic heterocycles. The molecule has 0 N–H and O–H groups in total. The first-order valence-electron chi connectivity index (χ1n) is 10.6. The predicted octanol–water partition coefficient (Wildman–Crippen LogP) is 6.97. The Labute approximate surface area is 173 Å². The maximum atomic E-state index is 5.02. The third kappa shape index (κ3) is 3.93. The minimum atomic E-state index is -0.0735. The summed E-state index contributed by atoms with van der Waals surface area (Å²) in [5.74, 6) is 0.620. The van der Waals surface area contributed by atoms with Crippen molar-refractivity contribution in [3.8, 4) is 0 Å². The Bertz CT molecular complexity index is 874. The van der Waals surface area contributed by atoms with E-state index in [1.165, 1.54) is 41.7 Å². The van der Waals surface area contributed by atoms with Crippen LogP contribution in [0.4, 0.5) is 11.4 Å². The first kappa shape index (κ1) is 21.2. The number of hydrogen-bond donors (Lipinski definition) is 0. The highest BCUT2D eigenvalue weighted by molar-refractivity contribution is 7.58. The van der Waals surface area contributed by atoms with Gasteiger partial charge in [0, 0.05) is 11.1 Å². The van der Waals surface area contributed by atoms with Crippen molar-refractivity contribution in [2.45, 2.75) is 98.4 Å². The van der Waals surface area contributed by atoms with Gasteiger partial charge in [0.15, 0.2) is 0 Å². The highest BCUT2D eigenvalue weighted by atomic mass is 32.1. The van der Waals surface area contributed by atoms with Crippen LogP contribution < -0.4 is 0 Å². The van der Waals surface area contributed by atoms with Crippen LogP contribution in [0, 0.1) is 5.92 Å². The molecule has 1 aromatic carbocycles. The summed E-state index contributed by atoms with van der Waals surface area (Å²) in [5, 5.41) is 10.0. The van der Waals surface area contributed by atoms with E-state index >= 15 is 0 Å². The largest absolute Gasteiger partial charge is 0.183 e. The number of unbranched alkanes of at least 4 members (excludes halogenated alkanes) is 1.